The van der Waals surface area contributed by atoms with Crippen LogP contribution in [0.25, 0.3) is 0 Å². The Labute approximate surface area is 162 Å². The standard InChI is InChI=1S/C18H23ClN4O4/c1-11-9-23(10-16(26-11)17-21-12(2)22-27-17)18(24)20-8-15(25-3)13-4-6-14(19)7-5-13/h4-7,11,15-16H,8-10H2,1-3H3,(H,20,24)/t11-,15?,16-/m1/s1. The zero-order valence-electron chi connectivity index (χ0n) is 15.5. The van der Waals surface area contributed by atoms with Crippen LogP contribution < -0.4 is 5.32 Å². The molecule has 1 aliphatic heterocycles. The molecule has 146 valence electrons. The first-order valence-corrected chi connectivity index (χ1v) is 9.10. The molecule has 1 unspecified atom stereocenters. The van der Waals surface area contributed by atoms with E-state index in [9.17, 15) is 4.79 Å². The molecule has 1 aliphatic rings. The molecule has 1 fully saturated rings. The van der Waals surface area contributed by atoms with Crippen molar-refractivity contribution in [1.82, 2.24) is 20.4 Å². The number of nitrogens with zero attached hydrogens (tertiary/aromatic N) is 3. The van der Waals surface area contributed by atoms with E-state index in [4.69, 9.17) is 25.6 Å². The van der Waals surface area contributed by atoms with Crippen molar-refractivity contribution in [1.29, 1.82) is 0 Å². The topological polar surface area (TPSA) is 89.7 Å². The number of hydrogen-bond acceptors (Lipinski definition) is 6. The number of carbonyl (C=O) groups is 1. The number of rotatable bonds is 5. The number of hydrogen-bond donors (Lipinski definition) is 1. The number of amides is 2. The minimum Gasteiger partial charge on any atom is -0.375 e. The summed E-state index contributed by atoms with van der Waals surface area (Å²) in [6.45, 7) is 4.81. The molecule has 0 radical (unpaired) electrons. The number of aryl methyl sites for hydroxylation is 1. The van der Waals surface area contributed by atoms with Crippen LogP contribution in [-0.4, -0.2) is 53.9 Å². The molecule has 2 heterocycles. The van der Waals surface area contributed by atoms with E-state index in [1.165, 1.54) is 0 Å². The maximum absolute atomic E-state index is 12.6. The molecular formula is C18H23ClN4O4. The number of aromatic nitrogens is 2. The lowest BCUT2D eigenvalue weighted by Crippen LogP contribution is -2.50. The van der Waals surface area contributed by atoms with Crippen LogP contribution in [0.3, 0.4) is 0 Å². The summed E-state index contributed by atoms with van der Waals surface area (Å²) >= 11 is 5.92. The van der Waals surface area contributed by atoms with Gasteiger partial charge in [0.25, 0.3) is 5.89 Å². The quantitative estimate of drug-likeness (QED) is 0.838. The molecule has 8 nitrogen and oxygen atoms in total. The average molecular weight is 395 g/mol. The first-order valence-electron chi connectivity index (χ1n) is 8.73. The van der Waals surface area contributed by atoms with Crippen molar-refractivity contribution >= 4 is 17.6 Å². The van der Waals surface area contributed by atoms with E-state index in [0.29, 0.717) is 36.4 Å². The van der Waals surface area contributed by atoms with E-state index in [0.717, 1.165) is 5.56 Å². The van der Waals surface area contributed by atoms with Crippen LogP contribution >= 0.6 is 11.6 Å². The number of halogens is 1. The molecule has 0 aliphatic carbocycles. The second-order valence-electron chi connectivity index (χ2n) is 6.48. The fourth-order valence-electron chi connectivity index (χ4n) is 3.00. The molecular weight excluding hydrogens is 372 g/mol. The highest BCUT2D eigenvalue weighted by molar-refractivity contribution is 6.30. The van der Waals surface area contributed by atoms with Crippen molar-refractivity contribution in [2.45, 2.75) is 32.2 Å². The summed E-state index contributed by atoms with van der Waals surface area (Å²) in [6, 6.07) is 7.17. The van der Waals surface area contributed by atoms with Gasteiger partial charge in [0.1, 0.15) is 0 Å². The second-order valence-corrected chi connectivity index (χ2v) is 6.92. The number of morpholine rings is 1. The predicted octanol–water partition coefficient (Wildman–Crippen LogP) is 2.89. The maximum atomic E-state index is 12.6. The Morgan fingerprint density at radius 2 is 2.15 bits per heavy atom. The highest BCUT2D eigenvalue weighted by atomic mass is 35.5. The number of benzene rings is 1. The molecule has 2 amide bonds. The summed E-state index contributed by atoms with van der Waals surface area (Å²) in [4.78, 5) is 18.5. The Morgan fingerprint density at radius 3 is 2.78 bits per heavy atom. The van der Waals surface area contributed by atoms with Crippen molar-refractivity contribution in [3.05, 3.63) is 46.6 Å². The number of ether oxygens (including phenoxy) is 2. The van der Waals surface area contributed by atoms with Gasteiger partial charge in [-0.15, -0.1) is 0 Å². The third-order valence-corrected chi connectivity index (χ3v) is 4.58. The summed E-state index contributed by atoms with van der Waals surface area (Å²) in [7, 11) is 1.61. The monoisotopic (exact) mass is 394 g/mol. The lowest BCUT2D eigenvalue weighted by molar-refractivity contribution is -0.0783. The highest BCUT2D eigenvalue weighted by Gasteiger charge is 2.32. The smallest absolute Gasteiger partial charge is 0.317 e. The van der Waals surface area contributed by atoms with Gasteiger partial charge in [-0.3, -0.25) is 0 Å². The van der Waals surface area contributed by atoms with Gasteiger partial charge in [-0.2, -0.15) is 4.98 Å². The van der Waals surface area contributed by atoms with Crippen LogP contribution in [0.4, 0.5) is 4.79 Å². The fraction of sp³-hybridized carbons (Fsp3) is 0.500. The van der Waals surface area contributed by atoms with Gasteiger partial charge < -0.3 is 24.2 Å². The van der Waals surface area contributed by atoms with Gasteiger partial charge in [-0.05, 0) is 31.5 Å². The van der Waals surface area contributed by atoms with Crippen LogP contribution in [0.15, 0.2) is 28.8 Å². The van der Waals surface area contributed by atoms with Gasteiger partial charge >= 0.3 is 6.03 Å². The Hall–Kier alpha value is -2.16. The summed E-state index contributed by atoms with van der Waals surface area (Å²) in [5, 5.41) is 7.36. The van der Waals surface area contributed by atoms with Crippen LogP contribution in [0.5, 0.6) is 0 Å². The molecule has 0 spiro atoms. The number of methoxy groups -OCH3 is 1. The molecule has 1 aromatic carbocycles. The van der Waals surface area contributed by atoms with Crippen LogP contribution in [0.1, 0.15) is 36.4 Å². The highest BCUT2D eigenvalue weighted by Crippen LogP contribution is 2.24. The first-order chi connectivity index (χ1) is 13.0. The lowest BCUT2D eigenvalue weighted by Gasteiger charge is -2.35. The van der Waals surface area contributed by atoms with Crippen molar-refractivity contribution in [3.63, 3.8) is 0 Å². The van der Waals surface area contributed by atoms with E-state index in [1.807, 2.05) is 19.1 Å². The Balaban J connectivity index is 1.60. The van der Waals surface area contributed by atoms with Crippen molar-refractivity contribution in [2.75, 3.05) is 26.7 Å². The Bertz CT molecular complexity index is 767. The second kappa shape index (κ2) is 8.69. The lowest BCUT2D eigenvalue weighted by atomic mass is 10.1. The number of carbonyl (C=O) groups excluding carboxylic acids is 1. The molecule has 0 bridgehead atoms. The number of nitrogens with one attached hydrogen (secondary N) is 1. The molecule has 27 heavy (non-hydrogen) atoms. The van der Waals surface area contributed by atoms with E-state index in [-0.39, 0.29) is 18.2 Å². The molecule has 1 saturated heterocycles. The third kappa shape index (κ3) is 4.97. The van der Waals surface area contributed by atoms with E-state index in [2.05, 4.69) is 15.5 Å². The molecule has 0 saturated carbocycles. The normalized spacial score (nSPS) is 21.1. The molecule has 3 atom stereocenters. The Morgan fingerprint density at radius 1 is 1.41 bits per heavy atom. The number of urea groups is 1. The molecule has 1 aromatic heterocycles. The summed E-state index contributed by atoms with van der Waals surface area (Å²) in [5.74, 6) is 0.918. The SMILES string of the molecule is COC(CNC(=O)N1C[C@@H](C)O[C@@H](c2nc(C)no2)C1)c1ccc(Cl)cc1. The van der Waals surface area contributed by atoms with Gasteiger partial charge in [0, 0.05) is 25.2 Å². The van der Waals surface area contributed by atoms with Gasteiger partial charge in [-0.25, -0.2) is 4.79 Å². The minimum atomic E-state index is -0.435. The van der Waals surface area contributed by atoms with E-state index < -0.39 is 6.10 Å². The zero-order chi connectivity index (χ0) is 19.4. The van der Waals surface area contributed by atoms with Crippen LogP contribution in [0, 0.1) is 6.92 Å². The van der Waals surface area contributed by atoms with Crippen molar-refractivity contribution in [2.24, 2.45) is 0 Å². The summed E-state index contributed by atoms with van der Waals surface area (Å²) < 4.78 is 16.5. The van der Waals surface area contributed by atoms with Crippen molar-refractivity contribution < 1.29 is 18.8 Å². The first kappa shape index (κ1) is 19.6. The van der Waals surface area contributed by atoms with E-state index >= 15 is 0 Å². The van der Waals surface area contributed by atoms with Gasteiger partial charge in [0.2, 0.25) is 0 Å². The molecule has 2 aromatic rings. The molecule has 3 rings (SSSR count). The van der Waals surface area contributed by atoms with Gasteiger partial charge in [0.05, 0.1) is 18.8 Å². The van der Waals surface area contributed by atoms with E-state index in [1.54, 1.807) is 31.1 Å². The van der Waals surface area contributed by atoms with Crippen LogP contribution in [-0.2, 0) is 9.47 Å². The molecule has 1 N–H and O–H groups in total. The largest absolute Gasteiger partial charge is 0.375 e. The molecule has 9 heteroatoms. The predicted molar refractivity (Wildman–Crippen MR) is 98.5 cm³/mol. The van der Waals surface area contributed by atoms with Crippen molar-refractivity contribution in [3.8, 4) is 0 Å². The average Bonchev–Trinajstić information content (AvgIpc) is 3.09. The zero-order valence-corrected chi connectivity index (χ0v) is 16.3. The fourth-order valence-corrected chi connectivity index (χ4v) is 3.13. The van der Waals surface area contributed by atoms with Crippen LogP contribution in [0.2, 0.25) is 5.02 Å². The summed E-state index contributed by atoms with van der Waals surface area (Å²) in [5.41, 5.74) is 0.941. The van der Waals surface area contributed by atoms with Gasteiger partial charge in [-0.1, -0.05) is 28.9 Å². The Kier molecular flexibility index (Phi) is 6.30. The third-order valence-electron chi connectivity index (χ3n) is 4.33. The van der Waals surface area contributed by atoms with Gasteiger partial charge in [0.15, 0.2) is 11.9 Å². The maximum Gasteiger partial charge on any atom is 0.317 e. The summed E-state index contributed by atoms with van der Waals surface area (Å²) in [6.07, 6.45) is -0.842. The minimum absolute atomic E-state index is 0.142.